The maximum absolute atomic E-state index is 13.6. The number of aryl methyl sites for hydroxylation is 1. The molecule has 0 saturated carbocycles. The van der Waals surface area contributed by atoms with Gasteiger partial charge in [0.15, 0.2) is 0 Å². The Hall–Kier alpha value is -2.63. The number of anilines is 2. The predicted molar refractivity (Wildman–Crippen MR) is 100 cm³/mol. The highest BCUT2D eigenvalue weighted by Gasteiger charge is 2.57. The number of hydrogen-bond donors (Lipinski definition) is 1. The lowest BCUT2D eigenvalue weighted by Crippen LogP contribution is -2.47. The van der Waals surface area contributed by atoms with Crippen LogP contribution >= 0.6 is 0 Å². The molecular weight excluding hydrogens is 328 g/mol. The number of nitrogens with one attached hydrogen (secondary N) is 1. The minimum Gasteiger partial charge on any atom is -0.311 e. The Morgan fingerprint density at radius 2 is 1.96 bits per heavy atom. The van der Waals surface area contributed by atoms with Gasteiger partial charge in [0.2, 0.25) is 11.8 Å². The van der Waals surface area contributed by atoms with Gasteiger partial charge in [-0.2, -0.15) is 5.10 Å². The fourth-order valence-electron chi connectivity index (χ4n) is 4.34. The van der Waals surface area contributed by atoms with Crippen molar-refractivity contribution in [2.75, 3.05) is 16.8 Å². The SMILES string of the molecule is CCN1C(=O)[C@]2(CC(=O)Nc3c2cnn3C(C)(C)C)c2cccc(C)c21. The Labute approximate surface area is 153 Å². The van der Waals surface area contributed by atoms with Gasteiger partial charge in [0, 0.05) is 18.5 Å². The average Bonchev–Trinajstić information content (AvgIpc) is 3.08. The highest BCUT2D eigenvalue weighted by molar-refractivity contribution is 6.16. The molecule has 2 aliphatic rings. The molecule has 0 saturated heterocycles. The van der Waals surface area contributed by atoms with Crippen LogP contribution < -0.4 is 10.2 Å². The standard InChI is InChI=1S/C20H24N4O2/c1-6-23-16-12(2)8-7-9-13(16)20(18(23)26)10-15(25)22-17-14(20)11-21-24(17)19(3,4)5/h7-9,11H,6,10H2,1-5H3,(H,22,25)/t20-/m1/s1. The number of fused-ring (bicyclic) bond motifs is 4. The number of likely N-dealkylation sites (N-methyl/N-ethyl adjacent to an activating group) is 1. The molecule has 6 heteroatoms. The summed E-state index contributed by atoms with van der Waals surface area (Å²) in [7, 11) is 0. The molecule has 1 aromatic carbocycles. The fraction of sp³-hybridized carbons (Fsp3) is 0.450. The zero-order chi connectivity index (χ0) is 18.9. The maximum Gasteiger partial charge on any atom is 0.242 e. The Kier molecular flexibility index (Phi) is 3.36. The van der Waals surface area contributed by atoms with Crippen molar-refractivity contribution in [2.24, 2.45) is 0 Å². The van der Waals surface area contributed by atoms with Crippen molar-refractivity contribution in [3.05, 3.63) is 41.1 Å². The van der Waals surface area contributed by atoms with E-state index in [9.17, 15) is 9.59 Å². The second-order valence-electron chi connectivity index (χ2n) is 8.14. The molecule has 1 aromatic heterocycles. The first-order chi connectivity index (χ1) is 12.2. The van der Waals surface area contributed by atoms with Crippen LogP contribution in [0.4, 0.5) is 11.5 Å². The van der Waals surface area contributed by atoms with Crippen LogP contribution in [0.2, 0.25) is 0 Å². The molecule has 4 rings (SSSR count). The zero-order valence-electron chi connectivity index (χ0n) is 15.9. The average molecular weight is 352 g/mol. The van der Waals surface area contributed by atoms with E-state index < -0.39 is 5.41 Å². The van der Waals surface area contributed by atoms with Gasteiger partial charge < -0.3 is 10.2 Å². The number of carbonyl (C=O) groups is 2. The molecule has 3 heterocycles. The zero-order valence-corrected chi connectivity index (χ0v) is 15.9. The molecule has 1 N–H and O–H groups in total. The summed E-state index contributed by atoms with van der Waals surface area (Å²) < 4.78 is 1.80. The third-order valence-electron chi connectivity index (χ3n) is 5.44. The van der Waals surface area contributed by atoms with Gasteiger partial charge in [-0.1, -0.05) is 18.2 Å². The first kappa shape index (κ1) is 16.8. The molecule has 1 atom stereocenters. The number of para-hydroxylation sites is 1. The van der Waals surface area contributed by atoms with Crippen LogP contribution in [0.15, 0.2) is 24.4 Å². The molecule has 0 fully saturated rings. The van der Waals surface area contributed by atoms with Crippen molar-refractivity contribution >= 4 is 23.3 Å². The second kappa shape index (κ2) is 5.19. The van der Waals surface area contributed by atoms with Crippen molar-refractivity contribution in [3.8, 4) is 0 Å². The summed E-state index contributed by atoms with van der Waals surface area (Å²) in [4.78, 5) is 28.1. The summed E-state index contributed by atoms with van der Waals surface area (Å²) >= 11 is 0. The molecule has 0 bridgehead atoms. The van der Waals surface area contributed by atoms with E-state index in [-0.39, 0.29) is 23.8 Å². The van der Waals surface area contributed by atoms with Gasteiger partial charge in [-0.05, 0) is 45.7 Å². The van der Waals surface area contributed by atoms with Crippen LogP contribution in [0.5, 0.6) is 0 Å². The van der Waals surface area contributed by atoms with Gasteiger partial charge in [-0.3, -0.25) is 9.59 Å². The Bertz CT molecular complexity index is 938. The van der Waals surface area contributed by atoms with Gasteiger partial charge in [0.1, 0.15) is 11.2 Å². The van der Waals surface area contributed by atoms with Crippen molar-refractivity contribution in [3.63, 3.8) is 0 Å². The lowest BCUT2D eigenvalue weighted by molar-refractivity contribution is -0.126. The van der Waals surface area contributed by atoms with Crippen LogP contribution in [-0.2, 0) is 20.5 Å². The van der Waals surface area contributed by atoms with Crippen LogP contribution in [0.3, 0.4) is 0 Å². The fourth-order valence-corrected chi connectivity index (χ4v) is 4.34. The van der Waals surface area contributed by atoms with E-state index in [1.807, 2.05) is 57.7 Å². The van der Waals surface area contributed by atoms with E-state index in [4.69, 9.17) is 0 Å². The maximum atomic E-state index is 13.6. The number of aromatic nitrogens is 2. The molecule has 0 radical (unpaired) electrons. The lowest BCUT2D eigenvalue weighted by atomic mass is 9.71. The van der Waals surface area contributed by atoms with Crippen LogP contribution in [0, 0.1) is 6.92 Å². The third kappa shape index (κ3) is 1.95. The summed E-state index contributed by atoms with van der Waals surface area (Å²) in [5, 5.41) is 7.49. The molecule has 26 heavy (non-hydrogen) atoms. The number of amides is 2. The van der Waals surface area contributed by atoms with Gasteiger partial charge in [-0.15, -0.1) is 0 Å². The normalized spacial score (nSPS) is 21.8. The quantitative estimate of drug-likeness (QED) is 0.858. The third-order valence-corrected chi connectivity index (χ3v) is 5.44. The van der Waals surface area contributed by atoms with E-state index in [2.05, 4.69) is 10.4 Å². The van der Waals surface area contributed by atoms with E-state index in [0.717, 1.165) is 22.4 Å². The van der Waals surface area contributed by atoms with Crippen LogP contribution in [0.25, 0.3) is 0 Å². The van der Waals surface area contributed by atoms with Crippen molar-refractivity contribution in [1.29, 1.82) is 0 Å². The molecule has 2 aliphatic heterocycles. The van der Waals surface area contributed by atoms with Gasteiger partial charge >= 0.3 is 0 Å². The first-order valence-corrected chi connectivity index (χ1v) is 9.02. The highest BCUT2D eigenvalue weighted by Crippen LogP contribution is 2.53. The molecule has 2 amide bonds. The Balaban J connectivity index is 2.05. The highest BCUT2D eigenvalue weighted by atomic mass is 16.2. The Morgan fingerprint density at radius 1 is 1.23 bits per heavy atom. The summed E-state index contributed by atoms with van der Waals surface area (Å²) in [5.74, 6) is 0.448. The van der Waals surface area contributed by atoms with E-state index in [0.29, 0.717) is 12.4 Å². The monoisotopic (exact) mass is 352 g/mol. The molecule has 1 spiro atoms. The number of nitrogens with zero attached hydrogens (tertiary/aromatic N) is 3. The van der Waals surface area contributed by atoms with Gasteiger partial charge in [-0.25, -0.2) is 4.68 Å². The van der Waals surface area contributed by atoms with Crippen molar-refractivity contribution < 1.29 is 9.59 Å². The van der Waals surface area contributed by atoms with E-state index >= 15 is 0 Å². The summed E-state index contributed by atoms with van der Waals surface area (Å²) in [5.41, 5.74) is 2.39. The summed E-state index contributed by atoms with van der Waals surface area (Å²) in [6.45, 7) is 10.6. The minimum atomic E-state index is -0.988. The number of hydrogen-bond acceptors (Lipinski definition) is 3. The van der Waals surface area contributed by atoms with E-state index in [1.54, 1.807) is 10.9 Å². The number of carbonyl (C=O) groups excluding carboxylic acids is 2. The van der Waals surface area contributed by atoms with Crippen molar-refractivity contribution in [2.45, 2.75) is 52.0 Å². The minimum absolute atomic E-state index is 0.0335. The number of benzene rings is 1. The molecule has 0 unspecified atom stereocenters. The summed E-state index contributed by atoms with van der Waals surface area (Å²) in [6.07, 6.45) is 1.87. The Morgan fingerprint density at radius 3 is 2.62 bits per heavy atom. The smallest absolute Gasteiger partial charge is 0.242 e. The largest absolute Gasteiger partial charge is 0.311 e. The number of rotatable bonds is 1. The predicted octanol–water partition coefficient (Wildman–Crippen LogP) is 2.94. The molecule has 2 aromatic rings. The van der Waals surface area contributed by atoms with Crippen LogP contribution in [0.1, 0.15) is 50.8 Å². The van der Waals surface area contributed by atoms with Crippen molar-refractivity contribution in [1.82, 2.24) is 9.78 Å². The molecule has 136 valence electrons. The first-order valence-electron chi connectivity index (χ1n) is 9.02. The second-order valence-corrected chi connectivity index (χ2v) is 8.14. The van der Waals surface area contributed by atoms with Gasteiger partial charge in [0.05, 0.1) is 17.4 Å². The van der Waals surface area contributed by atoms with Gasteiger partial charge in [0.25, 0.3) is 0 Å². The van der Waals surface area contributed by atoms with Crippen LogP contribution in [-0.4, -0.2) is 28.1 Å². The topological polar surface area (TPSA) is 67.2 Å². The lowest BCUT2D eigenvalue weighted by Gasteiger charge is -2.34. The summed E-state index contributed by atoms with van der Waals surface area (Å²) in [6, 6.07) is 5.95. The van der Waals surface area contributed by atoms with E-state index in [1.165, 1.54) is 0 Å². The molecule has 0 aliphatic carbocycles. The molecule has 6 nitrogen and oxygen atoms in total. The molecular formula is C20H24N4O2.